The van der Waals surface area contributed by atoms with Gasteiger partial charge in [0, 0.05) is 26.7 Å². The molecule has 0 aromatic rings. The number of nitrogens with zero attached hydrogens (tertiary/aromatic N) is 2. The number of amides is 1. The molecule has 146 valence electrons. The molecule has 0 radical (unpaired) electrons. The molecule has 25 heavy (non-hydrogen) atoms. The second kappa shape index (κ2) is 11.2. The van der Waals surface area contributed by atoms with Crippen molar-refractivity contribution < 1.29 is 9.53 Å². The average molecular weight is 356 g/mol. The Bertz CT molecular complexity index is 412. The van der Waals surface area contributed by atoms with Gasteiger partial charge in [0.25, 0.3) is 0 Å². The Morgan fingerprint density at radius 3 is 2.32 bits per heavy atom. The molecule has 1 aliphatic rings. The third kappa shape index (κ3) is 10.9. The van der Waals surface area contributed by atoms with Crippen molar-refractivity contribution >= 4 is 12.1 Å². The molecule has 0 unspecified atom stereocenters. The fraction of sp³-hybridized carbons (Fsp3) is 0.889. The smallest absolute Gasteiger partial charge is 0.407 e. The Hall–Kier alpha value is -1.50. The minimum Gasteiger partial charge on any atom is -0.444 e. The van der Waals surface area contributed by atoms with Crippen LogP contribution < -0.4 is 16.0 Å². The van der Waals surface area contributed by atoms with Crippen molar-refractivity contribution in [3.63, 3.8) is 0 Å². The molecular weight excluding hydrogens is 318 g/mol. The summed E-state index contributed by atoms with van der Waals surface area (Å²) in [6.07, 6.45) is 4.22. The van der Waals surface area contributed by atoms with Gasteiger partial charge < -0.3 is 25.6 Å². The number of alkyl carbamates (subject to hydrolysis) is 1. The van der Waals surface area contributed by atoms with Crippen LogP contribution >= 0.6 is 0 Å². The molecule has 3 N–H and O–H groups in total. The summed E-state index contributed by atoms with van der Waals surface area (Å²) >= 11 is 0. The van der Waals surface area contributed by atoms with Gasteiger partial charge in [-0.25, -0.2) is 4.79 Å². The maximum absolute atomic E-state index is 11.5. The molecule has 0 aromatic heterocycles. The van der Waals surface area contributed by atoms with Crippen molar-refractivity contribution in [1.29, 1.82) is 0 Å². The number of guanidine groups is 1. The third-order valence-corrected chi connectivity index (χ3v) is 4.22. The Balaban J connectivity index is 2.05. The van der Waals surface area contributed by atoms with Crippen LogP contribution in [0.2, 0.25) is 0 Å². The van der Waals surface area contributed by atoms with Crippen LogP contribution in [-0.2, 0) is 4.74 Å². The minimum absolute atomic E-state index is 0.367. The third-order valence-electron chi connectivity index (χ3n) is 4.22. The van der Waals surface area contributed by atoms with Crippen molar-refractivity contribution in [3.05, 3.63) is 0 Å². The first-order valence-corrected chi connectivity index (χ1v) is 9.40. The number of likely N-dealkylation sites (tertiary alicyclic amines) is 1. The highest BCUT2D eigenvalue weighted by Gasteiger charge is 2.16. The van der Waals surface area contributed by atoms with E-state index in [1.54, 1.807) is 7.05 Å². The lowest BCUT2D eigenvalue weighted by molar-refractivity contribution is 0.0527. The molecule has 1 amide bonds. The number of carbonyl (C=O) groups is 1. The molecule has 1 aliphatic heterocycles. The van der Waals surface area contributed by atoms with Gasteiger partial charge in [0.2, 0.25) is 0 Å². The number of hydrogen-bond donors (Lipinski definition) is 3. The van der Waals surface area contributed by atoms with Gasteiger partial charge in [-0.2, -0.15) is 0 Å². The van der Waals surface area contributed by atoms with E-state index in [-0.39, 0.29) is 6.09 Å². The van der Waals surface area contributed by atoms with Crippen molar-refractivity contribution in [1.82, 2.24) is 20.9 Å². The van der Waals surface area contributed by atoms with Gasteiger partial charge in [-0.3, -0.25) is 4.99 Å². The summed E-state index contributed by atoms with van der Waals surface area (Å²) in [7, 11) is 3.97. The molecule has 0 saturated carbocycles. The number of piperidine rings is 1. The highest BCUT2D eigenvalue weighted by atomic mass is 16.6. The fourth-order valence-corrected chi connectivity index (χ4v) is 2.77. The topological polar surface area (TPSA) is 78.0 Å². The summed E-state index contributed by atoms with van der Waals surface area (Å²) in [5, 5.41) is 9.40. The molecular formula is C18H37N5O2. The van der Waals surface area contributed by atoms with E-state index in [1.165, 1.54) is 32.4 Å². The Morgan fingerprint density at radius 1 is 1.12 bits per heavy atom. The highest BCUT2D eigenvalue weighted by molar-refractivity contribution is 5.79. The van der Waals surface area contributed by atoms with Gasteiger partial charge in [0.05, 0.1) is 0 Å². The number of hydrogen-bond acceptors (Lipinski definition) is 4. The van der Waals surface area contributed by atoms with Crippen LogP contribution in [0.3, 0.4) is 0 Å². The molecule has 0 aromatic carbocycles. The first kappa shape index (κ1) is 21.5. The quantitative estimate of drug-likeness (QED) is 0.369. The second-order valence-electron chi connectivity index (χ2n) is 7.74. The standard InChI is InChI=1S/C18H37N5O2/c1-18(2,3)25-17(24)22-11-6-10-20-16(19-4)21-12-7-15-8-13-23(5)14-9-15/h15H,6-14H2,1-5H3,(H,22,24)(H2,19,20,21). The van der Waals surface area contributed by atoms with E-state index < -0.39 is 5.60 Å². The Kier molecular flexibility index (Phi) is 9.63. The van der Waals surface area contributed by atoms with Crippen molar-refractivity contribution in [3.8, 4) is 0 Å². The van der Waals surface area contributed by atoms with E-state index in [0.717, 1.165) is 31.4 Å². The molecule has 1 rings (SSSR count). The summed E-state index contributed by atoms with van der Waals surface area (Å²) < 4.78 is 5.19. The molecule has 0 atom stereocenters. The van der Waals surface area contributed by atoms with Gasteiger partial charge in [0.1, 0.15) is 5.60 Å². The first-order valence-electron chi connectivity index (χ1n) is 9.40. The lowest BCUT2D eigenvalue weighted by Crippen LogP contribution is -2.40. The maximum atomic E-state index is 11.5. The summed E-state index contributed by atoms with van der Waals surface area (Å²) in [5.74, 6) is 1.64. The molecule has 7 nitrogen and oxygen atoms in total. The first-order chi connectivity index (χ1) is 11.8. The van der Waals surface area contributed by atoms with Crippen molar-refractivity contribution in [2.75, 3.05) is 46.8 Å². The summed E-state index contributed by atoms with van der Waals surface area (Å²) in [5.41, 5.74) is -0.456. The second-order valence-corrected chi connectivity index (χ2v) is 7.74. The zero-order valence-electron chi connectivity index (χ0n) is 16.7. The van der Waals surface area contributed by atoms with E-state index in [4.69, 9.17) is 4.74 Å². The van der Waals surface area contributed by atoms with Crippen LogP contribution in [0.4, 0.5) is 4.79 Å². The molecule has 1 heterocycles. The number of rotatable bonds is 7. The van der Waals surface area contributed by atoms with Crippen molar-refractivity contribution in [2.24, 2.45) is 10.9 Å². The van der Waals surface area contributed by atoms with Crippen molar-refractivity contribution in [2.45, 2.75) is 52.1 Å². The highest BCUT2D eigenvalue weighted by Crippen LogP contribution is 2.18. The lowest BCUT2D eigenvalue weighted by atomic mass is 9.94. The number of ether oxygens (including phenoxy) is 1. The molecule has 0 aliphatic carbocycles. The van der Waals surface area contributed by atoms with E-state index in [2.05, 4.69) is 32.9 Å². The minimum atomic E-state index is -0.456. The number of aliphatic imine (C=N–C) groups is 1. The molecule has 0 spiro atoms. The van der Waals surface area contributed by atoms with Crippen LogP contribution in [0.5, 0.6) is 0 Å². The van der Waals surface area contributed by atoms with E-state index in [1.807, 2.05) is 20.8 Å². The molecule has 7 heteroatoms. The van der Waals surface area contributed by atoms with E-state index >= 15 is 0 Å². The summed E-state index contributed by atoms with van der Waals surface area (Å²) in [6.45, 7) is 10.3. The Morgan fingerprint density at radius 2 is 1.72 bits per heavy atom. The Labute approximate surface area is 153 Å². The zero-order chi connectivity index (χ0) is 18.7. The van der Waals surface area contributed by atoms with Crippen LogP contribution in [0.25, 0.3) is 0 Å². The molecule has 1 saturated heterocycles. The van der Waals surface area contributed by atoms with Crippen LogP contribution in [0.15, 0.2) is 4.99 Å². The van der Waals surface area contributed by atoms with Gasteiger partial charge in [-0.15, -0.1) is 0 Å². The summed E-state index contributed by atoms with van der Waals surface area (Å²) in [6, 6.07) is 0. The maximum Gasteiger partial charge on any atom is 0.407 e. The van der Waals surface area contributed by atoms with Gasteiger partial charge in [-0.1, -0.05) is 0 Å². The van der Waals surface area contributed by atoms with Crippen LogP contribution in [-0.4, -0.2) is 69.4 Å². The lowest BCUT2D eigenvalue weighted by Gasteiger charge is -2.29. The van der Waals surface area contributed by atoms with Gasteiger partial charge in [0.15, 0.2) is 5.96 Å². The predicted molar refractivity (Wildman–Crippen MR) is 103 cm³/mol. The average Bonchev–Trinajstić information content (AvgIpc) is 2.53. The summed E-state index contributed by atoms with van der Waals surface area (Å²) in [4.78, 5) is 18.2. The monoisotopic (exact) mass is 355 g/mol. The predicted octanol–water partition coefficient (Wildman–Crippen LogP) is 1.80. The zero-order valence-corrected chi connectivity index (χ0v) is 16.7. The molecule has 0 bridgehead atoms. The SMILES string of the molecule is CN=C(NCCCNC(=O)OC(C)(C)C)NCCC1CCN(C)CC1. The van der Waals surface area contributed by atoms with Gasteiger partial charge in [-0.05, 0) is 72.5 Å². The van der Waals surface area contributed by atoms with Gasteiger partial charge >= 0.3 is 6.09 Å². The number of carbonyl (C=O) groups excluding carboxylic acids is 1. The normalized spacial score (nSPS) is 17.2. The van der Waals surface area contributed by atoms with E-state index in [0.29, 0.717) is 6.54 Å². The number of nitrogens with one attached hydrogen (secondary N) is 3. The van der Waals surface area contributed by atoms with Crippen LogP contribution in [0, 0.1) is 5.92 Å². The largest absolute Gasteiger partial charge is 0.444 e. The van der Waals surface area contributed by atoms with Crippen LogP contribution in [0.1, 0.15) is 46.5 Å². The molecule has 1 fully saturated rings. The fourth-order valence-electron chi connectivity index (χ4n) is 2.77. The van der Waals surface area contributed by atoms with E-state index in [9.17, 15) is 4.79 Å².